The van der Waals surface area contributed by atoms with Crippen molar-refractivity contribution in [2.45, 2.75) is 19.9 Å². The van der Waals surface area contributed by atoms with Gasteiger partial charge < -0.3 is 16.4 Å². The number of urea groups is 2. The standard InChI is InChI=1S/C22H21N7O2S/c1-12(14-4-3-5-16(8-14)28-22(31)29-21(23)30)25-20-10-18(26-13(2)27-20)15-6-7-17-19(9-15)32-11-24-17/h3-12H,1-2H3,(H,25,26,27)(H4,23,28,29,30,31). The van der Waals surface area contributed by atoms with Crippen molar-refractivity contribution in [3.63, 3.8) is 0 Å². The normalized spacial score (nSPS) is 11.7. The first-order chi connectivity index (χ1) is 15.4. The van der Waals surface area contributed by atoms with Crippen LogP contribution in [0.5, 0.6) is 0 Å². The quantitative estimate of drug-likeness (QED) is 0.357. The lowest BCUT2D eigenvalue weighted by molar-refractivity contribution is 0.238. The number of fused-ring (bicyclic) bond motifs is 1. The number of primary amides is 1. The molecule has 5 N–H and O–H groups in total. The van der Waals surface area contributed by atoms with E-state index in [-0.39, 0.29) is 6.04 Å². The molecule has 32 heavy (non-hydrogen) atoms. The third-order valence-electron chi connectivity index (χ3n) is 4.71. The van der Waals surface area contributed by atoms with Crippen LogP contribution in [0.2, 0.25) is 0 Å². The van der Waals surface area contributed by atoms with Crippen molar-refractivity contribution in [1.82, 2.24) is 20.3 Å². The van der Waals surface area contributed by atoms with Crippen molar-refractivity contribution >= 4 is 45.1 Å². The Hall–Kier alpha value is -4.05. The molecular weight excluding hydrogens is 426 g/mol. The first kappa shape index (κ1) is 21.2. The molecule has 162 valence electrons. The summed E-state index contributed by atoms with van der Waals surface area (Å²) in [6, 6.07) is 13.5. The van der Waals surface area contributed by atoms with Crippen molar-refractivity contribution in [3.8, 4) is 11.3 Å². The van der Waals surface area contributed by atoms with Gasteiger partial charge in [-0.15, -0.1) is 11.3 Å². The fourth-order valence-electron chi connectivity index (χ4n) is 3.27. The molecule has 0 spiro atoms. The number of benzene rings is 2. The number of anilines is 2. The van der Waals surface area contributed by atoms with Gasteiger partial charge in [-0.05, 0) is 43.7 Å². The maximum Gasteiger partial charge on any atom is 0.327 e. The van der Waals surface area contributed by atoms with E-state index < -0.39 is 12.1 Å². The fourth-order valence-corrected chi connectivity index (χ4v) is 3.99. The molecule has 1 unspecified atom stereocenters. The molecular formula is C22H21N7O2S. The second-order valence-electron chi connectivity index (χ2n) is 7.16. The Bertz CT molecular complexity index is 1300. The molecule has 0 aliphatic heterocycles. The van der Waals surface area contributed by atoms with Crippen molar-refractivity contribution in [2.75, 3.05) is 10.6 Å². The number of imide groups is 1. The predicted octanol–water partition coefficient (Wildman–Crippen LogP) is 4.44. The van der Waals surface area contributed by atoms with E-state index in [9.17, 15) is 9.59 Å². The van der Waals surface area contributed by atoms with Crippen molar-refractivity contribution in [3.05, 3.63) is 65.4 Å². The van der Waals surface area contributed by atoms with E-state index in [2.05, 4.69) is 31.7 Å². The van der Waals surface area contributed by atoms with Gasteiger partial charge in [0.25, 0.3) is 0 Å². The van der Waals surface area contributed by atoms with E-state index >= 15 is 0 Å². The number of hydrogen-bond donors (Lipinski definition) is 4. The molecule has 0 saturated carbocycles. The molecule has 0 aliphatic rings. The van der Waals surface area contributed by atoms with Crippen LogP contribution in [-0.2, 0) is 0 Å². The number of nitrogens with zero attached hydrogens (tertiary/aromatic N) is 3. The number of rotatable bonds is 5. The molecule has 9 nitrogen and oxygen atoms in total. The molecule has 10 heteroatoms. The van der Waals surface area contributed by atoms with E-state index in [4.69, 9.17) is 5.73 Å². The van der Waals surface area contributed by atoms with E-state index in [0.717, 1.165) is 27.0 Å². The van der Waals surface area contributed by atoms with Gasteiger partial charge in [0.15, 0.2) is 0 Å². The average molecular weight is 448 g/mol. The van der Waals surface area contributed by atoms with Crippen LogP contribution in [0.25, 0.3) is 21.5 Å². The minimum atomic E-state index is -0.918. The first-order valence-corrected chi connectivity index (χ1v) is 10.7. The van der Waals surface area contributed by atoms with Crippen LogP contribution in [0.3, 0.4) is 0 Å². The lowest BCUT2D eigenvalue weighted by Gasteiger charge is -2.17. The average Bonchev–Trinajstić information content (AvgIpc) is 3.20. The van der Waals surface area contributed by atoms with E-state index in [1.807, 2.05) is 61.1 Å². The summed E-state index contributed by atoms with van der Waals surface area (Å²) < 4.78 is 1.10. The number of hydrogen-bond acceptors (Lipinski definition) is 7. The Labute approximate surface area is 188 Å². The fraction of sp³-hybridized carbons (Fsp3) is 0.136. The summed E-state index contributed by atoms with van der Waals surface area (Å²) in [5, 5.41) is 7.94. The minimum absolute atomic E-state index is 0.109. The molecule has 0 bridgehead atoms. The van der Waals surface area contributed by atoms with Gasteiger partial charge in [0.1, 0.15) is 11.6 Å². The van der Waals surface area contributed by atoms with E-state index in [1.54, 1.807) is 17.4 Å². The molecule has 2 aromatic heterocycles. The highest BCUT2D eigenvalue weighted by molar-refractivity contribution is 7.16. The van der Waals surface area contributed by atoms with Crippen LogP contribution in [0.1, 0.15) is 24.4 Å². The van der Waals surface area contributed by atoms with Gasteiger partial charge in [-0.2, -0.15) is 0 Å². The van der Waals surface area contributed by atoms with Gasteiger partial charge in [0, 0.05) is 17.3 Å². The molecule has 0 radical (unpaired) electrons. The molecule has 1 atom stereocenters. The Balaban J connectivity index is 1.53. The number of amides is 4. The highest BCUT2D eigenvalue weighted by atomic mass is 32.1. The van der Waals surface area contributed by atoms with Crippen molar-refractivity contribution in [2.24, 2.45) is 5.73 Å². The highest BCUT2D eigenvalue weighted by Crippen LogP contribution is 2.28. The first-order valence-electron chi connectivity index (χ1n) is 9.80. The van der Waals surface area contributed by atoms with Gasteiger partial charge in [0.05, 0.1) is 27.5 Å². The zero-order valence-electron chi connectivity index (χ0n) is 17.4. The number of aromatic nitrogens is 3. The number of nitrogens with one attached hydrogen (secondary N) is 3. The maximum atomic E-state index is 11.7. The summed E-state index contributed by atoms with van der Waals surface area (Å²) in [6.07, 6.45) is 0. The van der Waals surface area contributed by atoms with Gasteiger partial charge in [-0.1, -0.05) is 18.2 Å². The van der Waals surface area contributed by atoms with Crippen LogP contribution < -0.4 is 21.7 Å². The SMILES string of the molecule is Cc1nc(NC(C)c2cccc(NC(=O)NC(N)=O)c2)cc(-c2ccc3ncsc3c2)n1. The van der Waals surface area contributed by atoms with Gasteiger partial charge in [-0.3, -0.25) is 5.32 Å². The van der Waals surface area contributed by atoms with E-state index in [1.165, 1.54) is 0 Å². The largest absolute Gasteiger partial charge is 0.363 e. The summed E-state index contributed by atoms with van der Waals surface area (Å²) in [5.41, 5.74) is 11.0. The van der Waals surface area contributed by atoms with Crippen molar-refractivity contribution < 1.29 is 9.59 Å². The Morgan fingerprint density at radius 2 is 1.94 bits per heavy atom. The molecule has 4 aromatic rings. The van der Waals surface area contributed by atoms with Gasteiger partial charge in [0.2, 0.25) is 0 Å². The maximum absolute atomic E-state index is 11.7. The number of carbonyl (C=O) groups excluding carboxylic acids is 2. The van der Waals surface area contributed by atoms with Crippen molar-refractivity contribution in [1.29, 1.82) is 0 Å². The number of aryl methyl sites for hydroxylation is 1. The lowest BCUT2D eigenvalue weighted by atomic mass is 10.1. The molecule has 4 rings (SSSR count). The summed E-state index contributed by atoms with van der Waals surface area (Å²) in [6.45, 7) is 3.84. The van der Waals surface area contributed by atoms with Crippen LogP contribution in [0, 0.1) is 6.92 Å². The molecule has 4 amide bonds. The van der Waals surface area contributed by atoms with Crippen LogP contribution in [-0.4, -0.2) is 27.0 Å². The third kappa shape index (κ3) is 4.98. The van der Waals surface area contributed by atoms with Crippen LogP contribution in [0.4, 0.5) is 21.1 Å². The molecule has 0 aliphatic carbocycles. The lowest BCUT2D eigenvalue weighted by Crippen LogP contribution is -2.38. The third-order valence-corrected chi connectivity index (χ3v) is 5.50. The van der Waals surface area contributed by atoms with Crippen LogP contribution in [0.15, 0.2) is 54.0 Å². The Kier molecular flexibility index (Phi) is 5.95. The zero-order valence-corrected chi connectivity index (χ0v) is 18.2. The Morgan fingerprint density at radius 3 is 2.75 bits per heavy atom. The minimum Gasteiger partial charge on any atom is -0.363 e. The topological polar surface area (TPSA) is 135 Å². The molecule has 2 aromatic carbocycles. The van der Waals surface area contributed by atoms with Crippen LogP contribution >= 0.6 is 11.3 Å². The summed E-state index contributed by atoms with van der Waals surface area (Å²) in [4.78, 5) is 35.9. The smallest absolute Gasteiger partial charge is 0.327 e. The number of thiazole rings is 1. The second kappa shape index (κ2) is 8.98. The Morgan fingerprint density at radius 1 is 1.09 bits per heavy atom. The number of nitrogens with two attached hydrogens (primary N) is 1. The zero-order chi connectivity index (χ0) is 22.7. The van der Waals surface area contributed by atoms with Gasteiger partial charge >= 0.3 is 12.1 Å². The monoisotopic (exact) mass is 447 g/mol. The molecule has 0 saturated heterocycles. The molecule has 2 heterocycles. The van der Waals surface area contributed by atoms with Gasteiger partial charge in [-0.25, -0.2) is 24.5 Å². The van der Waals surface area contributed by atoms with E-state index in [0.29, 0.717) is 17.3 Å². The molecule has 0 fully saturated rings. The highest BCUT2D eigenvalue weighted by Gasteiger charge is 2.12. The second-order valence-corrected chi connectivity index (χ2v) is 8.04. The summed E-state index contributed by atoms with van der Waals surface area (Å²) >= 11 is 1.59. The summed E-state index contributed by atoms with van der Waals surface area (Å²) in [7, 11) is 0. The number of carbonyl (C=O) groups is 2. The predicted molar refractivity (Wildman–Crippen MR) is 126 cm³/mol. The summed E-state index contributed by atoms with van der Waals surface area (Å²) in [5.74, 6) is 1.34.